The monoisotopic (exact) mass is 295 g/mol. The van der Waals surface area contributed by atoms with Gasteiger partial charge in [0.1, 0.15) is 0 Å². The van der Waals surface area contributed by atoms with Gasteiger partial charge in [-0.25, -0.2) is 0 Å². The number of benzene rings is 1. The number of likely N-dealkylation sites (N-methyl/N-ethyl adjacent to an activating group) is 1. The van der Waals surface area contributed by atoms with E-state index in [2.05, 4.69) is 4.99 Å². The van der Waals surface area contributed by atoms with Gasteiger partial charge < -0.3 is 10.6 Å². The summed E-state index contributed by atoms with van der Waals surface area (Å²) >= 11 is 0. The number of carbonyl (C=O) groups excluding carboxylic acids is 1. The lowest BCUT2D eigenvalue weighted by molar-refractivity contribution is -0.126. The topological polar surface area (TPSA) is 58.7 Å². The number of para-hydroxylation sites is 1. The van der Waals surface area contributed by atoms with Gasteiger partial charge in [-0.3, -0.25) is 9.79 Å². The van der Waals surface area contributed by atoms with Crippen molar-refractivity contribution in [3.05, 3.63) is 53.6 Å². The van der Waals surface area contributed by atoms with E-state index in [4.69, 9.17) is 5.73 Å². The van der Waals surface area contributed by atoms with Crippen LogP contribution in [-0.2, 0) is 4.79 Å². The van der Waals surface area contributed by atoms with Crippen molar-refractivity contribution in [2.75, 3.05) is 13.1 Å². The highest BCUT2D eigenvalue weighted by Gasteiger charge is 2.31. The van der Waals surface area contributed by atoms with Gasteiger partial charge in [0.25, 0.3) is 5.91 Å². The Labute approximate surface area is 131 Å². The van der Waals surface area contributed by atoms with Gasteiger partial charge in [-0.2, -0.15) is 0 Å². The molecule has 1 aliphatic heterocycles. The first-order valence-corrected chi connectivity index (χ1v) is 7.78. The minimum absolute atomic E-state index is 0.0330. The molecule has 1 aliphatic carbocycles. The molecule has 0 saturated heterocycles. The number of nitrogens with two attached hydrogens (primary N) is 1. The SMILES string of the molecule is CCN(CC)C(=O)C1=CC2C(=Nc3ccccc3C2N)C=C1. The number of nitrogens with zero attached hydrogens (tertiary/aromatic N) is 2. The van der Waals surface area contributed by atoms with Crippen molar-refractivity contribution >= 4 is 17.3 Å². The lowest BCUT2D eigenvalue weighted by Crippen LogP contribution is -2.35. The Morgan fingerprint density at radius 3 is 2.68 bits per heavy atom. The molecule has 0 fully saturated rings. The Hall–Kier alpha value is -2.20. The fourth-order valence-electron chi connectivity index (χ4n) is 3.06. The summed E-state index contributed by atoms with van der Waals surface area (Å²) in [4.78, 5) is 19.0. The highest BCUT2D eigenvalue weighted by Crippen LogP contribution is 2.37. The number of aliphatic imine (C=N–C) groups is 1. The van der Waals surface area contributed by atoms with Crippen LogP contribution in [0.3, 0.4) is 0 Å². The van der Waals surface area contributed by atoms with Crippen molar-refractivity contribution in [3.8, 4) is 0 Å². The molecule has 0 saturated carbocycles. The van der Waals surface area contributed by atoms with Gasteiger partial charge >= 0.3 is 0 Å². The zero-order valence-corrected chi connectivity index (χ0v) is 13.0. The molecule has 2 atom stereocenters. The van der Waals surface area contributed by atoms with Crippen LogP contribution >= 0.6 is 0 Å². The summed E-state index contributed by atoms with van der Waals surface area (Å²) in [5, 5.41) is 0. The smallest absolute Gasteiger partial charge is 0.253 e. The zero-order chi connectivity index (χ0) is 15.7. The van der Waals surface area contributed by atoms with Gasteiger partial charge in [0, 0.05) is 36.3 Å². The number of allylic oxidation sites excluding steroid dienone is 1. The molecule has 4 nitrogen and oxygen atoms in total. The number of amides is 1. The number of hydrogen-bond donors (Lipinski definition) is 1. The second-order valence-electron chi connectivity index (χ2n) is 5.58. The van der Waals surface area contributed by atoms with Crippen LogP contribution in [0.15, 0.2) is 53.1 Å². The molecule has 2 N–H and O–H groups in total. The van der Waals surface area contributed by atoms with Crippen molar-refractivity contribution in [2.24, 2.45) is 16.6 Å². The van der Waals surface area contributed by atoms with Crippen LogP contribution in [0.4, 0.5) is 5.69 Å². The largest absolute Gasteiger partial charge is 0.339 e. The van der Waals surface area contributed by atoms with Crippen molar-refractivity contribution < 1.29 is 4.79 Å². The molecule has 3 rings (SSSR count). The van der Waals surface area contributed by atoms with E-state index in [1.807, 2.05) is 61.2 Å². The molecular weight excluding hydrogens is 274 g/mol. The van der Waals surface area contributed by atoms with E-state index in [1.54, 1.807) is 0 Å². The van der Waals surface area contributed by atoms with Gasteiger partial charge in [0.15, 0.2) is 0 Å². The third-order valence-corrected chi connectivity index (χ3v) is 4.36. The Kier molecular flexibility index (Phi) is 3.94. The second-order valence-corrected chi connectivity index (χ2v) is 5.58. The maximum absolute atomic E-state index is 12.5. The lowest BCUT2D eigenvalue weighted by Gasteiger charge is -2.30. The molecule has 2 unspecified atom stereocenters. The third-order valence-electron chi connectivity index (χ3n) is 4.36. The van der Waals surface area contributed by atoms with Crippen LogP contribution < -0.4 is 5.73 Å². The summed E-state index contributed by atoms with van der Waals surface area (Å²) in [6.07, 6.45) is 5.76. The second kappa shape index (κ2) is 5.89. The highest BCUT2D eigenvalue weighted by molar-refractivity contribution is 6.07. The van der Waals surface area contributed by atoms with Gasteiger partial charge in [-0.15, -0.1) is 0 Å². The molecule has 0 radical (unpaired) electrons. The van der Waals surface area contributed by atoms with E-state index >= 15 is 0 Å². The van der Waals surface area contributed by atoms with E-state index in [-0.39, 0.29) is 17.9 Å². The maximum atomic E-state index is 12.5. The summed E-state index contributed by atoms with van der Waals surface area (Å²) in [5.41, 5.74) is 10.0. The fourth-order valence-corrected chi connectivity index (χ4v) is 3.06. The molecule has 1 aromatic carbocycles. The van der Waals surface area contributed by atoms with Crippen molar-refractivity contribution in [3.63, 3.8) is 0 Å². The molecule has 2 aliphatic rings. The average Bonchev–Trinajstić information content (AvgIpc) is 2.56. The molecule has 1 heterocycles. The van der Waals surface area contributed by atoms with E-state index in [0.717, 1.165) is 17.0 Å². The van der Waals surface area contributed by atoms with Crippen molar-refractivity contribution in [1.82, 2.24) is 4.90 Å². The quantitative estimate of drug-likeness (QED) is 0.932. The number of hydrogen-bond acceptors (Lipinski definition) is 3. The van der Waals surface area contributed by atoms with Crippen LogP contribution in [-0.4, -0.2) is 29.6 Å². The highest BCUT2D eigenvalue weighted by atomic mass is 16.2. The predicted octanol–water partition coefficient (Wildman–Crippen LogP) is 2.75. The first-order valence-electron chi connectivity index (χ1n) is 7.78. The van der Waals surface area contributed by atoms with E-state index in [9.17, 15) is 4.79 Å². The predicted molar refractivity (Wildman–Crippen MR) is 89.1 cm³/mol. The van der Waals surface area contributed by atoms with Crippen molar-refractivity contribution in [2.45, 2.75) is 19.9 Å². The zero-order valence-electron chi connectivity index (χ0n) is 13.0. The van der Waals surface area contributed by atoms with Crippen LogP contribution in [0, 0.1) is 5.92 Å². The van der Waals surface area contributed by atoms with Crippen LogP contribution in [0.1, 0.15) is 25.5 Å². The standard InChI is InChI=1S/C18H21N3O/c1-3-21(4-2)18(22)12-9-10-16-14(11-12)17(19)13-7-5-6-8-15(13)20-16/h5-11,14,17H,3-4,19H2,1-2H3. The summed E-state index contributed by atoms with van der Waals surface area (Å²) in [6.45, 7) is 5.40. The summed E-state index contributed by atoms with van der Waals surface area (Å²) in [6, 6.07) is 7.77. The maximum Gasteiger partial charge on any atom is 0.253 e. The van der Waals surface area contributed by atoms with Gasteiger partial charge in [-0.05, 0) is 37.6 Å². The first-order chi connectivity index (χ1) is 10.7. The van der Waals surface area contributed by atoms with E-state index in [1.165, 1.54) is 0 Å². The van der Waals surface area contributed by atoms with Crippen LogP contribution in [0.5, 0.6) is 0 Å². The minimum atomic E-state index is -0.159. The molecule has 0 bridgehead atoms. The van der Waals surface area contributed by atoms with Crippen LogP contribution in [0.2, 0.25) is 0 Å². The van der Waals surface area contributed by atoms with Gasteiger partial charge in [0.2, 0.25) is 0 Å². The van der Waals surface area contributed by atoms with E-state index < -0.39 is 0 Å². The molecule has 4 heteroatoms. The molecule has 1 amide bonds. The van der Waals surface area contributed by atoms with E-state index in [0.29, 0.717) is 18.7 Å². The lowest BCUT2D eigenvalue weighted by atomic mass is 9.82. The van der Waals surface area contributed by atoms with Crippen LogP contribution in [0.25, 0.3) is 0 Å². The first kappa shape index (κ1) is 14.7. The number of rotatable bonds is 3. The third kappa shape index (κ3) is 2.40. The minimum Gasteiger partial charge on any atom is -0.339 e. The summed E-state index contributed by atoms with van der Waals surface area (Å²) < 4.78 is 0. The summed E-state index contributed by atoms with van der Waals surface area (Å²) in [5.74, 6) is 0.0285. The summed E-state index contributed by atoms with van der Waals surface area (Å²) in [7, 11) is 0. The molecule has 0 spiro atoms. The Morgan fingerprint density at radius 1 is 1.23 bits per heavy atom. The number of fused-ring (bicyclic) bond motifs is 2. The molecule has 1 aromatic rings. The fraction of sp³-hybridized carbons (Fsp3) is 0.333. The molecule has 114 valence electrons. The Bertz CT molecular complexity index is 683. The normalized spacial score (nSPS) is 22.3. The average molecular weight is 295 g/mol. The Morgan fingerprint density at radius 2 is 1.95 bits per heavy atom. The van der Waals surface area contributed by atoms with Gasteiger partial charge in [0.05, 0.1) is 5.69 Å². The Balaban J connectivity index is 1.95. The number of carbonyl (C=O) groups is 1. The molecule has 0 aromatic heterocycles. The van der Waals surface area contributed by atoms with Crippen molar-refractivity contribution in [1.29, 1.82) is 0 Å². The molecule has 22 heavy (non-hydrogen) atoms. The molecular formula is C18H21N3O. The van der Waals surface area contributed by atoms with Gasteiger partial charge in [-0.1, -0.05) is 24.3 Å².